The molecule has 4 rings (SSSR count). The fourth-order valence-corrected chi connectivity index (χ4v) is 4.05. The van der Waals surface area contributed by atoms with E-state index >= 15 is 0 Å². The van der Waals surface area contributed by atoms with Crippen LogP contribution in [0.3, 0.4) is 0 Å². The van der Waals surface area contributed by atoms with Crippen LogP contribution in [0, 0.1) is 10.1 Å². The second kappa shape index (κ2) is 11.7. The molecule has 1 amide bonds. The van der Waals surface area contributed by atoms with Crippen molar-refractivity contribution in [3.05, 3.63) is 99.4 Å². The topological polar surface area (TPSA) is 144 Å². The number of nitrogen functional groups attached to an aromatic ring is 1. The number of amides is 1. The molecule has 0 atom stereocenters. The van der Waals surface area contributed by atoms with Gasteiger partial charge in [0.15, 0.2) is 5.06 Å². The molecule has 2 aromatic heterocycles. The Bertz CT molecular complexity index is 1330. The summed E-state index contributed by atoms with van der Waals surface area (Å²) in [5, 5.41) is 20.6. The van der Waals surface area contributed by atoms with E-state index in [0.717, 1.165) is 21.4 Å². The van der Waals surface area contributed by atoms with Crippen molar-refractivity contribution >= 4 is 40.3 Å². The lowest BCUT2D eigenvalue weighted by molar-refractivity contribution is -0.384. The number of nitrogens with one attached hydrogen (secondary N) is 3. The van der Waals surface area contributed by atoms with Gasteiger partial charge < -0.3 is 26.4 Å². The lowest BCUT2D eigenvalue weighted by atomic mass is 10.2. The minimum absolute atomic E-state index is 0.0414. The minimum atomic E-state index is -0.439. The molecule has 0 saturated heterocycles. The van der Waals surface area contributed by atoms with Gasteiger partial charge in [-0.15, -0.1) is 11.3 Å². The highest BCUT2D eigenvalue weighted by Crippen LogP contribution is 2.29. The highest BCUT2D eigenvalue weighted by molar-refractivity contribution is 7.13. The van der Waals surface area contributed by atoms with Crippen molar-refractivity contribution in [3.8, 4) is 10.8 Å². The largest absolute Gasteiger partial charge is 0.447 e. The maximum atomic E-state index is 12.6. The molecule has 0 saturated carbocycles. The van der Waals surface area contributed by atoms with Gasteiger partial charge in [-0.3, -0.25) is 14.9 Å². The van der Waals surface area contributed by atoms with Gasteiger partial charge in [-0.1, -0.05) is 18.2 Å². The van der Waals surface area contributed by atoms with Crippen LogP contribution < -0.4 is 26.4 Å². The van der Waals surface area contributed by atoms with Crippen molar-refractivity contribution in [1.29, 1.82) is 0 Å². The lowest BCUT2D eigenvalue weighted by Gasteiger charge is -2.11. The number of nitrogens with two attached hydrogens (primary N) is 1. The molecule has 0 aliphatic heterocycles. The molecule has 0 aliphatic rings. The van der Waals surface area contributed by atoms with E-state index in [1.54, 1.807) is 24.3 Å². The molecule has 2 aromatic carbocycles. The van der Waals surface area contributed by atoms with Crippen molar-refractivity contribution in [2.75, 3.05) is 29.5 Å². The number of nitro groups is 1. The van der Waals surface area contributed by atoms with Gasteiger partial charge >= 0.3 is 0 Å². The number of ether oxygens (including phenoxy) is 1. The first kappa shape index (κ1) is 24.5. The maximum absolute atomic E-state index is 12.6. The Balaban J connectivity index is 1.22. The van der Waals surface area contributed by atoms with Gasteiger partial charge in [-0.05, 0) is 48.5 Å². The summed E-state index contributed by atoms with van der Waals surface area (Å²) >= 11 is 1.45. The number of benzene rings is 2. The number of nitrogens with zero attached hydrogens (tertiary/aromatic N) is 2. The number of hydrogen-bond acceptors (Lipinski definition) is 9. The highest BCUT2D eigenvalue weighted by Gasteiger charge is 2.12. The first-order chi connectivity index (χ1) is 17.5. The van der Waals surface area contributed by atoms with Crippen molar-refractivity contribution in [2.24, 2.45) is 0 Å². The Morgan fingerprint density at radius 3 is 2.44 bits per heavy atom. The molecular formula is C25H24N6O4S. The van der Waals surface area contributed by atoms with Crippen molar-refractivity contribution < 1.29 is 14.5 Å². The molecule has 0 aliphatic carbocycles. The summed E-state index contributed by atoms with van der Waals surface area (Å²) in [6.07, 6.45) is 0. The molecule has 10 nitrogen and oxygen atoms in total. The van der Waals surface area contributed by atoms with Gasteiger partial charge in [0.25, 0.3) is 11.6 Å². The van der Waals surface area contributed by atoms with E-state index in [2.05, 4.69) is 20.9 Å². The van der Waals surface area contributed by atoms with Crippen LogP contribution in [-0.2, 0) is 6.54 Å². The Labute approximate surface area is 211 Å². The fraction of sp³-hybridized carbons (Fsp3) is 0.120. The molecule has 11 heteroatoms. The zero-order valence-electron chi connectivity index (χ0n) is 19.1. The molecule has 36 heavy (non-hydrogen) atoms. The molecule has 0 spiro atoms. The Morgan fingerprint density at radius 2 is 1.72 bits per heavy atom. The molecule has 4 aromatic rings. The molecular weight excluding hydrogens is 480 g/mol. The molecule has 184 valence electrons. The molecule has 2 heterocycles. The molecule has 5 N–H and O–H groups in total. The summed E-state index contributed by atoms with van der Waals surface area (Å²) in [5.74, 6) is 1.10. The minimum Gasteiger partial charge on any atom is -0.447 e. The predicted octanol–water partition coefficient (Wildman–Crippen LogP) is 4.88. The van der Waals surface area contributed by atoms with E-state index in [1.807, 2.05) is 42.5 Å². The average Bonchev–Trinajstić information content (AvgIpc) is 3.33. The SMILES string of the molecule is Nc1nc(NCCNc2ccc([N+](=O)[O-])cc2)ccc1C(=O)NCc1ccc(Oc2ccccc2)s1. The Morgan fingerprint density at radius 1 is 0.972 bits per heavy atom. The van der Waals surface area contributed by atoms with Gasteiger partial charge in [0, 0.05) is 35.8 Å². The quantitative estimate of drug-likeness (QED) is 0.128. The first-order valence-electron chi connectivity index (χ1n) is 11.1. The van der Waals surface area contributed by atoms with E-state index in [9.17, 15) is 14.9 Å². The maximum Gasteiger partial charge on any atom is 0.269 e. The zero-order valence-corrected chi connectivity index (χ0v) is 20.0. The zero-order chi connectivity index (χ0) is 25.3. The number of para-hydroxylation sites is 1. The smallest absolute Gasteiger partial charge is 0.269 e. The van der Waals surface area contributed by atoms with Gasteiger partial charge in [0.2, 0.25) is 0 Å². The number of anilines is 3. The third kappa shape index (κ3) is 6.70. The van der Waals surface area contributed by atoms with E-state index in [1.165, 1.54) is 23.5 Å². The van der Waals surface area contributed by atoms with Crippen LogP contribution in [0.25, 0.3) is 0 Å². The number of pyridine rings is 1. The third-order valence-electron chi connectivity index (χ3n) is 5.03. The van der Waals surface area contributed by atoms with Crippen LogP contribution in [0.4, 0.5) is 23.0 Å². The fourth-order valence-electron chi connectivity index (χ4n) is 3.24. The summed E-state index contributed by atoms with van der Waals surface area (Å²) in [4.78, 5) is 28.1. The average molecular weight is 505 g/mol. The Hall–Kier alpha value is -4.64. The van der Waals surface area contributed by atoms with Crippen LogP contribution in [0.2, 0.25) is 0 Å². The molecule has 0 bridgehead atoms. The van der Waals surface area contributed by atoms with Gasteiger partial charge in [-0.2, -0.15) is 0 Å². The number of rotatable bonds is 11. The summed E-state index contributed by atoms with van der Waals surface area (Å²) < 4.78 is 5.80. The number of nitro benzene ring substituents is 1. The number of hydrogen-bond donors (Lipinski definition) is 4. The van der Waals surface area contributed by atoms with Crippen molar-refractivity contribution in [3.63, 3.8) is 0 Å². The van der Waals surface area contributed by atoms with Crippen LogP contribution in [0.5, 0.6) is 10.8 Å². The number of non-ortho nitro benzene ring substituents is 1. The monoisotopic (exact) mass is 504 g/mol. The molecule has 0 fully saturated rings. The second-order valence-electron chi connectivity index (χ2n) is 7.61. The van der Waals surface area contributed by atoms with Gasteiger partial charge in [0.05, 0.1) is 17.0 Å². The normalized spacial score (nSPS) is 10.4. The third-order valence-corrected chi connectivity index (χ3v) is 5.99. The van der Waals surface area contributed by atoms with Crippen LogP contribution in [0.15, 0.2) is 78.9 Å². The number of carbonyl (C=O) groups excluding carboxylic acids is 1. The standard InChI is InChI=1S/C25H24N6O4S/c26-24-21(25(32)29-16-20-10-13-23(36-20)35-19-4-2-1-3-5-19)11-12-22(30-24)28-15-14-27-17-6-8-18(9-7-17)31(33)34/h1-13,27H,14-16H2,(H,29,32)(H3,26,28,30). The molecule has 0 unspecified atom stereocenters. The van der Waals surface area contributed by atoms with Crippen LogP contribution in [0.1, 0.15) is 15.2 Å². The number of thiophene rings is 1. The van der Waals surface area contributed by atoms with Crippen LogP contribution >= 0.6 is 11.3 Å². The lowest BCUT2D eigenvalue weighted by Crippen LogP contribution is -2.24. The number of carbonyl (C=O) groups is 1. The first-order valence-corrected chi connectivity index (χ1v) is 11.9. The van der Waals surface area contributed by atoms with Gasteiger partial charge in [-0.25, -0.2) is 4.98 Å². The van der Waals surface area contributed by atoms with E-state index in [0.29, 0.717) is 31.0 Å². The van der Waals surface area contributed by atoms with Crippen LogP contribution in [-0.4, -0.2) is 28.9 Å². The van der Waals surface area contributed by atoms with E-state index in [-0.39, 0.29) is 17.4 Å². The molecule has 0 radical (unpaired) electrons. The highest BCUT2D eigenvalue weighted by atomic mass is 32.1. The summed E-state index contributed by atoms with van der Waals surface area (Å²) in [6.45, 7) is 1.43. The second-order valence-corrected chi connectivity index (χ2v) is 8.74. The summed E-state index contributed by atoms with van der Waals surface area (Å²) in [7, 11) is 0. The van der Waals surface area contributed by atoms with E-state index in [4.69, 9.17) is 10.5 Å². The predicted molar refractivity (Wildman–Crippen MR) is 141 cm³/mol. The number of aromatic nitrogens is 1. The summed E-state index contributed by atoms with van der Waals surface area (Å²) in [5.41, 5.74) is 7.12. The van der Waals surface area contributed by atoms with E-state index < -0.39 is 4.92 Å². The van der Waals surface area contributed by atoms with Gasteiger partial charge in [0.1, 0.15) is 17.4 Å². The Kier molecular flexibility index (Phi) is 7.94. The van der Waals surface area contributed by atoms with Crippen molar-refractivity contribution in [1.82, 2.24) is 10.3 Å². The van der Waals surface area contributed by atoms with Crippen molar-refractivity contribution in [2.45, 2.75) is 6.54 Å². The summed E-state index contributed by atoms with van der Waals surface area (Å²) in [6, 6.07) is 22.8.